The number of nitrogens with one attached hydrogen (secondary N) is 1. The maximum absolute atomic E-state index is 12.5. The Bertz CT molecular complexity index is 926. The molecule has 0 unspecified atom stereocenters. The van der Waals surface area contributed by atoms with E-state index in [0.717, 1.165) is 8.14 Å². The van der Waals surface area contributed by atoms with E-state index < -0.39 is 5.91 Å². The molecule has 4 nitrogen and oxygen atoms in total. The Labute approximate surface area is 136 Å². The van der Waals surface area contributed by atoms with Crippen molar-refractivity contribution >= 4 is 63.0 Å². The summed E-state index contributed by atoms with van der Waals surface area (Å²) in [5, 5.41) is 2.24. The zero-order valence-corrected chi connectivity index (χ0v) is 13.7. The minimum absolute atomic E-state index is 0.113. The third kappa shape index (κ3) is 2.25. The lowest BCUT2D eigenvalue weighted by Crippen LogP contribution is -2.28. The van der Waals surface area contributed by atoms with Gasteiger partial charge in [0.15, 0.2) is 4.77 Å². The Balaban J connectivity index is 2.34. The smallest absolute Gasteiger partial charge is 0.277 e. The lowest BCUT2D eigenvalue weighted by Gasteiger charge is -2.05. The summed E-state index contributed by atoms with van der Waals surface area (Å²) in [6.07, 6.45) is 0. The molecule has 0 saturated heterocycles. The monoisotopic (exact) mass is 414 g/mol. The fraction of sp³-hybridized carbons (Fsp3) is 0. The Hall–Kier alpha value is -1.32. The summed E-state index contributed by atoms with van der Waals surface area (Å²) in [5.74, 6) is -0.396. The van der Waals surface area contributed by atoms with Gasteiger partial charge in [-0.3, -0.25) is 9.59 Å². The average molecular weight is 414 g/mol. The van der Waals surface area contributed by atoms with Crippen LogP contribution < -0.4 is 5.56 Å². The maximum atomic E-state index is 12.5. The SMILES string of the molecule is O=C(c1cccs1)n1c(=S)[nH]c2ccc(I)cc2c1=O. The van der Waals surface area contributed by atoms with Crippen molar-refractivity contribution in [1.82, 2.24) is 9.55 Å². The van der Waals surface area contributed by atoms with Crippen molar-refractivity contribution < 1.29 is 4.79 Å². The molecule has 100 valence electrons. The predicted octanol–water partition coefficient (Wildman–Crippen LogP) is 3.41. The lowest BCUT2D eigenvalue weighted by molar-refractivity contribution is 0.0957. The van der Waals surface area contributed by atoms with Crippen LogP contribution in [0.15, 0.2) is 40.5 Å². The summed E-state index contributed by atoms with van der Waals surface area (Å²) in [7, 11) is 0. The molecule has 0 aliphatic heterocycles. The van der Waals surface area contributed by atoms with Gasteiger partial charge in [0.25, 0.3) is 11.5 Å². The highest BCUT2D eigenvalue weighted by molar-refractivity contribution is 14.1. The molecular weight excluding hydrogens is 407 g/mol. The molecule has 0 aliphatic rings. The van der Waals surface area contributed by atoms with Gasteiger partial charge >= 0.3 is 0 Å². The third-order valence-corrected chi connectivity index (χ3v) is 4.61. The summed E-state index contributed by atoms with van der Waals surface area (Å²) in [6.45, 7) is 0. The third-order valence-electron chi connectivity index (χ3n) is 2.79. The van der Waals surface area contributed by atoms with E-state index in [0.29, 0.717) is 15.8 Å². The highest BCUT2D eigenvalue weighted by Gasteiger charge is 2.15. The highest BCUT2D eigenvalue weighted by Crippen LogP contribution is 2.14. The maximum Gasteiger partial charge on any atom is 0.277 e. The molecule has 1 N–H and O–H groups in total. The second-order valence-corrected chi connectivity index (χ2v) is 6.62. The van der Waals surface area contributed by atoms with Crippen LogP contribution in [-0.2, 0) is 0 Å². The van der Waals surface area contributed by atoms with Crippen LogP contribution in [0.3, 0.4) is 0 Å². The van der Waals surface area contributed by atoms with Crippen molar-refractivity contribution in [2.45, 2.75) is 0 Å². The normalized spacial score (nSPS) is 10.8. The van der Waals surface area contributed by atoms with Crippen molar-refractivity contribution in [1.29, 1.82) is 0 Å². The Morgan fingerprint density at radius 2 is 2.15 bits per heavy atom. The predicted molar refractivity (Wildman–Crippen MR) is 90.2 cm³/mol. The number of fused-ring (bicyclic) bond motifs is 1. The number of H-pyrrole nitrogens is 1. The Morgan fingerprint density at radius 1 is 1.35 bits per heavy atom. The van der Waals surface area contributed by atoms with E-state index >= 15 is 0 Å². The summed E-state index contributed by atoms with van der Waals surface area (Å²) in [4.78, 5) is 28.3. The van der Waals surface area contributed by atoms with Crippen LogP contribution in [0.4, 0.5) is 0 Å². The number of hydrogen-bond acceptors (Lipinski definition) is 4. The van der Waals surface area contributed by atoms with Gasteiger partial charge in [0.05, 0.1) is 15.8 Å². The van der Waals surface area contributed by atoms with E-state index in [1.807, 2.05) is 6.07 Å². The largest absolute Gasteiger partial charge is 0.331 e. The van der Waals surface area contributed by atoms with Crippen LogP contribution in [0.25, 0.3) is 10.9 Å². The number of nitrogens with zero attached hydrogens (tertiary/aromatic N) is 1. The van der Waals surface area contributed by atoms with Gasteiger partial charge in [0.2, 0.25) is 0 Å². The summed E-state index contributed by atoms with van der Waals surface area (Å²) in [5.41, 5.74) is 0.247. The number of hydrogen-bond donors (Lipinski definition) is 1. The number of carbonyl (C=O) groups is 1. The average Bonchev–Trinajstić information content (AvgIpc) is 2.93. The fourth-order valence-corrected chi connectivity index (χ4v) is 3.30. The molecule has 2 heterocycles. The minimum Gasteiger partial charge on any atom is -0.331 e. The summed E-state index contributed by atoms with van der Waals surface area (Å²) >= 11 is 8.54. The van der Waals surface area contributed by atoms with Crippen LogP contribution in [0, 0.1) is 8.34 Å². The number of carbonyl (C=O) groups excluding carboxylic acids is 1. The quantitative estimate of drug-likeness (QED) is 0.491. The summed E-state index contributed by atoms with van der Waals surface area (Å²) in [6, 6.07) is 8.84. The van der Waals surface area contributed by atoms with E-state index in [1.165, 1.54) is 11.3 Å². The number of aromatic amines is 1. The second-order valence-electron chi connectivity index (χ2n) is 4.04. The van der Waals surface area contributed by atoms with E-state index in [-0.39, 0.29) is 10.3 Å². The first-order valence-corrected chi connectivity index (χ1v) is 7.97. The van der Waals surface area contributed by atoms with Gasteiger partial charge in [0.1, 0.15) is 0 Å². The number of aromatic nitrogens is 2. The number of halogens is 1. The van der Waals surface area contributed by atoms with Gasteiger partial charge in [0, 0.05) is 3.57 Å². The molecular formula is C13H7IN2O2S2. The Kier molecular flexibility index (Phi) is 3.57. The molecule has 7 heteroatoms. The van der Waals surface area contributed by atoms with Crippen LogP contribution in [0.1, 0.15) is 9.67 Å². The molecule has 0 amide bonds. The first-order valence-electron chi connectivity index (χ1n) is 5.61. The summed E-state index contributed by atoms with van der Waals surface area (Å²) < 4.78 is 2.05. The first-order chi connectivity index (χ1) is 9.58. The van der Waals surface area contributed by atoms with Crippen LogP contribution in [-0.4, -0.2) is 15.5 Å². The minimum atomic E-state index is -0.396. The molecule has 2 aromatic heterocycles. The van der Waals surface area contributed by atoms with E-state index in [2.05, 4.69) is 27.6 Å². The van der Waals surface area contributed by atoms with Crippen molar-refractivity contribution in [3.8, 4) is 0 Å². The molecule has 0 saturated carbocycles. The molecule has 1 aromatic carbocycles. The van der Waals surface area contributed by atoms with E-state index in [9.17, 15) is 9.59 Å². The van der Waals surface area contributed by atoms with Crippen molar-refractivity contribution in [3.05, 3.63) is 59.3 Å². The first kappa shape index (κ1) is 13.7. The molecule has 0 radical (unpaired) electrons. The number of rotatable bonds is 1. The highest BCUT2D eigenvalue weighted by atomic mass is 127. The fourth-order valence-electron chi connectivity index (χ4n) is 1.88. The van der Waals surface area contributed by atoms with Gasteiger partial charge in [-0.25, -0.2) is 4.57 Å². The molecule has 3 aromatic rings. The van der Waals surface area contributed by atoms with Crippen LogP contribution in [0.2, 0.25) is 0 Å². The molecule has 0 fully saturated rings. The lowest BCUT2D eigenvalue weighted by atomic mass is 10.2. The van der Waals surface area contributed by atoms with Crippen molar-refractivity contribution in [3.63, 3.8) is 0 Å². The number of thiophene rings is 1. The molecule has 20 heavy (non-hydrogen) atoms. The second kappa shape index (κ2) is 5.23. The van der Waals surface area contributed by atoms with Crippen LogP contribution in [0.5, 0.6) is 0 Å². The number of benzene rings is 1. The van der Waals surface area contributed by atoms with Gasteiger partial charge < -0.3 is 4.98 Å². The zero-order chi connectivity index (χ0) is 14.3. The molecule has 3 rings (SSSR count). The van der Waals surface area contributed by atoms with Crippen molar-refractivity contribution in [2.75, 3.05) is 0 Å². The van der Waals surface area contributed by atoms with E-state index in [4.69, 9.17) is 12.2 Å². The topological polar surface area (TPSA) is 54.9 Å². The molecule has 0 aliphatic carbocycles. The Morgan fingerprint density at radius 3 is 2.85 bits per heavy atom. The molecule has 0 spiro atoms. The van der Waals surface area contributed by atoms with Gasteiger partial charge in [-0.05, 0) is 64.5 Å². The molecule has 0 bridgehead atoms. The van der Waals surface area contributed by atoms with Crippen molar-refractivity contribution in [2.24, 2.45) is 0 Å². The van der Waals surface area contributed by atoms with E-state index in [1.54, 1.807) is 29.6 Å². The van der Waals surface area contributed by atoms with Crippen LogP contribution >= 0.6 is 46.1 Å². The zero-order valence-electron chi connectivity index (χ0n) is 9.92. The standard InChI is InChI=1S/C13H7IN2O2S2/c14-7-3-4-9-8(6-7)11(17)16(13(19)15-9)12(18)10-2-1-5-20-10/h1-6H,(H,15,19). The molecule has 0 atom stereocenters. The van der Waals surface area contributed by atoms with Gasteiger partial charge in [-0.15, -0.1) is 11.3 Å². The van der Waals surface area contributed by atoms with Gasteiger partial charge in [-0.2, -0.15) is 0 Å². The van der Waals surface area contributed by atoms with Gasteiger partial charge in [-0.1, -0.05) is 6.07 Å².